The molecular weight excluding hydrogens is 336 g/mol. The fourth-order valence-electron chi connectivity index (χ4n) is 3.41. The largest absolute Gasteiger partial charge is 0.486 e. The summed E-state index contributed by atoms with van der Waals surface area (Å²) in [5.74, 6) is 0.860. The minimum Gasteiger partial charge on any atom is -0.486 e. The van der Waals surface area contributed by atoms with Crippen molar-refractivity contribution in [1.29, 1.82) is 0 Å². The smallest absolute Gasteiger partial charge is 0.254 e. The molecule has 0 bridgehead atoms. The molecule has 1 aliphatic heterocycles. The van der Waals surface area contributed by atoms with Crippen LogP contribution in [-0.4, -0.2) is 48.9 Å². The molecular formula is C23H30N2O2. The Morgan fingerprint density at radius 2 is 1.78 bits per heavy atom. The molecule has 1 fully saturated rings. The number of hydrogen-bond donors (Lipinski definition) is 0. The van der Waals surface area contributed by atoms with Crippen LogP contribution in [0.5, 0.6) is 5.75 Å². The summed E-state index contributed by atoms with van der Waals surface area (Å²) in [7, 11) is 2.09. The molecule has 4 heteroatoms. The van der Waals surface area contributed by atoms with Crippen LogP contribution < -0.4 is 4.74 Å². The highest BCUT2D eigenvalue weighted by atomic mass is 16.5. The van der Waals surface area contributed by atoms with Crippen molar-refractivity contribution < 1.29 is 9.53 Å². The second-order valence-electron chi connectivity index (χ2n) is 7.28. The summed E-state index contributed by atoms with van der Waals surface area (Å²) in [6.45, 7) is 5.61. The molecule has 0 aromatic heterocycles. The number of unbranched alkanes of at least 4 members (excludes halogenated alkanes) is 1. The van der Waals surface area contributed by atoms with Crippen molar-refractivity contribution in [2.24, 2.45) is 0 Å². The Morgan fingerprint density at radius 1 is 1.04 bits per heavy atom. The van der Waals surface area contributed by atoms with E-state index in [0.29, 0.717) is 5.56 Å². The lowest BCUT2D eigenvalue weighted by atomic mass is 10.0. The van der Waals surface area contributed by atoms with Crippen LogP contribution in [0.15, 0.2) is 54.6 Å². The maximum atomic E-state index is 12.8. The van der Waals surface area contributed by atoms with Crippen molar-refractivity contribution in [2.75, 3.05) is 33.2 Å². The summed E-state index contributed by atoms with van der Waals surface area (Å²) in [4.78, 5) is 17.0. The fraction of sp³-hybridized carbons (Fsp3) is 0.435. The van der Waals surface area contributed by atoms with E-state index in [9.17, 15) is 4.79 Å². The normalized spacial score (nSPS) is 16.1. The molecule has 1 saturated heterocycles. The van der Waals surface area contributed by atoms with Crippen LogP contribution in [0.25, 0.3) is 0 Å². The van der Waals surface area contributed by atoms with Gasteiger partial charge in [0.25, 0.3) is 5.91 Å². The lowest BCUT2D eigenvalue weighted by molar-refractivity contribution is 0.0663. The number of benzene rings is 2. The zero-order chi connectivity index (χ0) is 19.1. The molecule has 27 heavy (non-hydrogen) atoms. The van der Waals surface area contributed by atoms with E-state index in [1.165, 1.54) is 5.56 Å². The van der Waals surface area contributed by atoms with E-state index in [-0.39, 0.29) is 12.0 Å². The summed E-state index contributed by atoms with van der Waals surface area (Å²) in [6, 6.07) is 18.0. The predicted molar refractivity (Wildman–Crippen MR) is 109 cm³/mol. The van der Waals surface area contributed by atoms with Gasteiger partial charge in [0.05, 0.1) is 0 Å². The Labute approximate surface area is 162 Å². The van der Waals surface area contributed by atoms with Gasteiger partial charge in [-0.2, -0.15) is 0 Å². The number of likely N-dealkylation sites (N-methyl/N-ethyl adjacent to an activating group) is 1. The average molecular weight is 367 g/mol. The van der Waals surface area contributed by atoms with E-state index in [4.69, 9.17) is 4.74 Å². The Morgan fingerprint density at radius 3 is 2.48 bits per heavy atom. The maximum absolute atomic E-state index is 12.8. The van der Waals surface area contributed by atoms with E-state index in [0.717, 1.165) is 51.2 Å². The van der Waals surface area contributed by atoms with Gasteiger partial charge in [-0.05, 0) is 43.7 Å². The first-order valence-electron chi connectivity index (χ1n) is 9.97. The molecule has 0 N–H and O–H groups in total. The molecule has 0 radical (unpaired) electrons. The Bertz CT molecular complexity index is 724. The number of carbonyl (C=O) groups is 1. The number of amides is 1. The third kappa shape index (κ3) is 5.33. The first-order valence-corrected chi connectivity index (χ1v) is 9.97. The van der Waals surface area contributed by atoms with Gasteiger partial charge in [-0.1, -0.05) is 49.7 Å². The molecule has 2 aromatic rings. The van der Waals surface area contributed by atoms with Crippen molar-refractivity contribution in [3.8, 4) is 5.75 Å². The van der Waals surface area contributed by atoms with Gasteiger partial charge in [0.2, 0.25) is 0 Å². The second-order valence-corrected chi connectivity index (χ2v) is 7.28. The third-order valence-electron chi connectivity index (χ3n) is 5.14. The molecule has 144 valence electrons. The first-order chi connectivity index (χ1) is 13.2. The average Bonchev–Trinajstić information content (AvgIpc) is 2.72. The van der Waals surface area contributed by atoms with Crippen molar-refractivity contribution >= 4 is 5.91 Å². The van der Waals surface area contributed by atoms with Crippen LogP contribution in [0.3, 0.4) is 0 Å². The molecule has 1 atom stereocenters. The van der Waals surface area contributed by atoms with E-state index in [1.54, 1.807) is 0 Å². The summed E-state index contributed by atoms with van der Waals surface area (Å²) in [5.41, 5.74) is 1.89. The highest BCUT2D eigenvalue weighted by Gasteiger charge is 2.21. The van der Waals surface area contributed by atoms with Crippen LogP contribution >= 0.6 is 0 Å². The Kier molecular flexibility index (Phi) is 6.88. The topological polar surface area (TPSA) is 32.8 Å². The molecule has 0 aliphatic carbocycles. The van der Waals surface area contributed by atoms with Gasteiger partial charge in [-0.25, -0.2) is 0 Å². The lowest BCUT2D eigenvalue weighted by Crippen LogP contribution is -2.47. The summed E-state index contributed by atoms with van der Waals surface area (Å²) in [6.07, 6.45) is 3.23. The SMILES string of the molecule is CCCCC(Oc1cccc(C(=O)N2CCN(C)CC2)c1)c1ccccc1. The number of nitrogens with zero attached hydrogens (tertiary/aromatic N) is 2. The van der Waals surface area contributed by atoms with E-state index < -0.39 is 0 Å². The molecule has 1 aliphatic rings. The van der Waals surface area contributed by atoms with Crippen LogP contribution in [0, 0.1) is 0 Å². The van der Waals surface area contributed by atoms with Gasteiger partial charge < -0.3 is 14.5 Å². The number of hydrogen-bond acceptors (Lipinski definition) is 3. The minimum absolute atomic E-state index is 0.0140. The van der Waals surface area contributed by atoms with Gasteiger partial charge in [-0.3, -0.25) is 4.79 Å². The van der Waals surface area contributed by atoms with Crippen LogP contribution in [0.1, 0.15) is 48.2 Å². The highest BCUT2D eigenvalue weighted by molar-refractivity contribution is 5.94. The fourth-order valence-corrected chi connectivity index (χ4v) is 3.41. The second kappa shape index (κ2) is 9.56. The standard InChI is InChI=1S/C23H30N2O2/c1-3-4-13-22(19-9-6-5-7-10-19)27-21-12-8-11-20(18-21)23(26)25-16-14-24(2)15-17-25/h5-12,18,22H,3-4,13-17H2,1-2H3. The predicted octanol–water partition coefficient (Wildman–Crippen LogP) is 4.38. The van der Waals surface area contributed by atoms with Crippen molar-refractivity contribution in [3.05, 3.63) is 65.7 Å². The molecule has 0 saturated carbocycles. The van der Waals surface area contributed by atoms with Gasteiger partial charge in [0, 0.05) is 31.7 Å². The van der Waals surface area contributed by atoms with Crippen LogP contribution in [0.4, 0.5) is 0 Å². The Balaban J connectivity index is 1.72. The van der Waals surface area contributed by atoms with Crippen LogP contribution in [-0.2, 0) is 0 Å². The van der Waals surface area contributed by atoms with Crippen molar-refractivity contribution in [3.63, 3.8) is 0 Å². The van der Waals surface area contributed by atoms with Gasteiger partial charge >= 0.3 is 0 Å². The summed E-state index contributed by atoms with van der Waals surface area (Å²) < 4.78 is 6.32. The molecule has 3 rings (SSSR count). The zero-order valence-electron chi connectivity index (χ0n) is 16.4. The molecule has 1 heterocycles. The minimum atomic E-state index is 0.0140. The lowest BCUT2D eigenvalue weighted by Gasteiger charge is -2.32. The molecule has 4 nitrogen and oxygen atoms in total. The van der Waals surface area contributed by atoms with E-state index in [2.05, 4.69) is 31.0 Å². The Hall–Kier alpha value is -2.33. The number of carbonyl (C=O) groups excluding carboxylic acids is 1. The van der Waals surface area contributed by atoms with E-state index >= 15 is 0 Å². The number of ether oxygens (including phenoxy) is 1. The third-order valence-corrected chi connectivity index (χ3v) is 5.14. The molecule has 1 unspecified atom stereocenters. The van der Waals surface area contributed by atoms with E-state index in [1.807, 2.05) is 47.4 Å². The quantitative estimate of drug-likeness (QED) is 0.729. The number of piperazine rings is 1. The monoisotopic (exact) mass is 366 g/mol. The van der Waals surface area contributed by atoms with Gasteiger partial charge in [0.1, 0.15) is 11.9 Å². The molecule has 0 spiro atoms. The van der Waals surface area contributed by atoms with Crippen molar-refractivity contribution in [2.45, 2.75) is 32.3 Å². The zero-order valence-corrected chi connectivity index (χ0v) is 16.4. The molecule has 1 amide bonds. The maximum Gasteiger partial charge on any atom is 0.254 e. The van der Waals surface area contributed by atoms with Crippen molar-refractivity contribution in [1.82, 2.24) is 9.80 Å². The summed E-state index contributed by atoms with van der Waals surface area (Å²) >= 11 is 0. The van der Waals surface area contributed by atoms with Crippen LogP contribution in [0.2, 0.25) is 0 Å². The van der Waals surface area contributed by atoms with Gasteiger partial charge in [-0.15, -0.1) is 0 Å². The summed E-state index contributed by atoms with van der Waals surface area (Å²) in [5, 5.41) is 0. The highest BCUT2D eigenvalue weighted by Crippen LogP contribution is 2.27. The molecule has 2 aromatic carbocycles. The first kappa shape index (κ1) is 19.4. The number of rotatable bonds is 7. The van der Waals surface area contributed by atoms with Gasteiger partial charge in [0.15, 0.2) is 0 Å².